The van der Waals surface area contributed by atoms with Gasteiger partial charge in [-0.2, -0.15) is 9.40 Å². The standard InChI is InChI=1S/C23H26ClN5O3S/c1-16-14-17(2)29(27-16)21-11-10-20(24)22(26-21)23(30)25-15-18-6-8-19(9-7-18)33(31,32)28-12-4-3-5-13-28/h6-11,14H,3-5,12-13,15H2,1-2H3,(H,25,30). The third-order valence-corrected chi connectivity index (χ3v) is 7.82. The molecule has 1 fully saturated rings. The number of hydrogen-bond acceptors (Lipinski definition) is 5. The molecule has 3 aromatic rings. The first-order chi connectivity index (χ1) is 15.8. The number of carbonyl (C=O) groups is 1. The lowest BCUT2D eigenvalue weighted by atomic mass is 10.2. The summed E-state index contributed by atoms with van der Waals surface area (Å²) in [6, 6.07) is 11.8. The van der Waals surface area contributed by atoms with Crippen LogP contribution < -0.4 is 5.32 Å². The van der Waals surface area contributed by atoms with Crippen LogP contribution in [0.15, 0.2) is 47.4 Å². The van der Waals surface area contributed by atoms with E-state index in [0.29, 0.717) is 18.9 Å². The number of aryl methyl sites for hydroxylation is 2. The Morgan fingerprint density at radius 2 is 1.76 bits per heavy atom. The monoisotopic (exact) mass is 487 g/mol. The third-order valence-electron chi connectivity index (χ3n) is 5.60. The van der Waals surface area contributed by atoms with Crippen LogP contribution in [0.4, 0.5) is 0 Å². The molecule has 0 aliphatic carbocycles. The van der Waals surface area contributed by atoms with Crippen LogP contribution in [-0.2, 0) is 16.6 Å². The zero-order valence-corrected chi connectivity index (χ0v) is 20.2. The van der Waals surface area contributed by atoms with Gasteiger partial charge in [-0.15, -0.1) is 0 Å². The normalized spacial score (nSPS) is 14.9. The second-order valence-corrected chi connectivity index (χ2v) is 10.5. The van der Waals surface area contributed by atoms with Crippen molar-refractivity contribution in [2.75, 3.05) is 13.1 Å². The molecule has 0 atom stereocenters. The summed E-state index contributed by atoms with van der Waals surface area (Å²) in [5, 5.41) is 7.43. The van der Waals surface area contributed by atoms with Crippen molar-refractivity contribution >= 4 is 27.5 Å². The first kappa shape index (κ1) is 23.4. The number of rotatable bonds is 6. The predicted octanol–water partition coefficient (Wildman–Crippen LogP) is 3.64. The number of amides is 1. The van der Waals surface area contributed by atoms with Gasteiger partial charge in [0.25, 0.3) is 5.91 Å². The number of sulfonamides is 1. The fourth-order valence-electron chi connectivity index (χ4n) is 3.87. The highest BCUT2D eigenvalue weighted by Crippen LogP contribution is 2.21. The molecular formula is C23H26ClN5O3S. The van der Waals surface area contributed by atoms with Crippen molar-refractivity contribution in [2.45, 2.75) is 44.6 Å². The molecule has 1 N–H and O–H groups in total. The molecule has 33 heavy (non-hydrogen) atoms. The van der Waals surface area contributed by atoms with Crippen molar-refractivity contribution in [1.82, 2.24) is 24.4 Å². The zero-order chi connectivity index (χ0) is 23.6. The van der Waals surface area contributed by atoms with Crippen LogP contribution in [0.5, 0.6) is 0 Å². The third kappa shape index (κ3) is 5.10. The smallest absolute Gasteiger partial charge is 0.271 e. The van der Waals surface area contributed by atoms with Gasteiger partial charge in [0, 0.05) is 25.3 Å². The summed E-state index contributed by atoms with van der Waals surface area (Å²) in [5.41, 5.74) is 2.62. The van der Waals surface area contributed by atoms with Crippen molar-refractivity contribution in [1.29, 1.82) is 0 Å². The Balaban J connectivity index is 1.45. The number of pyridine rings is 1. The number of benzene rings is 1. The lowest BCUT2D eigenvalue weighted by molar-refractivity contribution is 0.0946. The van der Waals surface area contributed by atoms with E-state index in [1.165, 1.54) is 4.31 Å². The minimum atomic E-state index is -3.48. The maximum atomic E-state index is 12.8. The van der Waals surface area contributed by atoms with Gasteiger partial charge in [-0.3, -0.25) is 4.79 Å². The van der Waals surface area contributed by atoms with Crippen molar-refractivity contribution in [2.24, 2.45) is 0 Å². The van der Waals surface area contributed by atoms with Crippen LogP contribution in [-0.4, -0.2) is 46.5 Å². The average molecular weight is 488 g/mol. The molecule has 0 saturated carbocycles. The van der Waals surface area contributed by atoms with Crippen LogP contribution in [0.25, 0.3) is 5.82 Å². The summed E-state index contributed by atoms with van der Waals surface area (Å²) in [7, 11) is -3.48. The Kier molecular flexibility index (Phi) is 6.83. The molecule has 2 aromatic heterocycles. The number of piperidine rings is 1. The molecule has 1 aliphatic rings. The topological polar surface area (TPSA) is 97.2 Å². The van der Waals surface area contributed by atoms with Gasteiger partial charge in [-0.25, -0.2) is 18.1 Å². The van der Waals surface area contributed by atoms with Crippen molar-refractivity contribution in [3.8, 4) is 5.82 Å². The molecule has 0 bridgehead atoms. The molecule has 1 amide bonds. The van der Waals surface area contributed by atoms with Gasteiger partial charge in [-0.1, -0.05) is 30.2 Å². The second kappa shape index (κ2) is 9.62. The van der Waals surface area contributed by atoms with E-state index in [4.69, 9.17) is 11.6 Å². The maximum Gasteiger partial charge on any atom is 0.271 e. The molecule has 0 unspecified atom stereocenters. The van der Waals surface area contributed by atoms with Crippen LogP contribution in [0.2, 0.25) is 5.02 Å². The van der Waals surface area contributed by atoms with Crippen molar-refractivity contribution in [3.63, 3.8) is 0 Å². The Labute approximate surface area is 198 Å². The Morgan fingerprint density at radius 1 is 1.06 bits per heavy atom. The van der Waals surface area contributed by atoms with E-state index >= 15 is 0 Å². The minimum absolute atomic E-state index is 0.103. The zero-order valence-electron chi connectivity index (χ0n) is 18.6. The molecule has 0 radical (unpaired) electrons. The lowest BCUT2D eigenvalue weighted by Gasteiger charge is -2.25. The Hall–Kier alpha value is -2.75. The van der Waals surface area contributed by atoms with E-state index < -0.39 is 15.9 Å². The largest absolute Gasteiger partial charge is 0.347 e. The number of carbonyl (C=O) groups excluding carboxylic acids is 1. The molecule has 10 heteroatoms. The lowest BCUT2D eigenvalue weighted by Crippen LogP contribution is -2.35. The van der Waals surface area contributed by atoms with E-state index in [9.17, 15) is 13.2 Å². The molecule has 8 nitrogen and oxygen atoms in total. The van der Waals surface area contributed by atoms with Gasteiger partial charge < -0.3 is 5.32 Å². The summed E-state index contributed by atoms with van der Waals surface area (Å²) in [6.07, 6.45) is 2.84. The number of nitrogens with one attached hydrogen (secondary N) is 1. The highest BCUT2D eigenvalue weighted by Gasteiger charge is 2.25. The molecule has 3 heterocycles. The predicted molar refractivity (Wildman–Crippen MR) is 126 cm³/mol. The molecule has 1 aliphatic heterocycles. The summed E-state index contributed by atoms with van der Waals surface area (Å²) >= 11 is 6.23. The molecule has 1 aromatic carbocycles. The van der Waals surface area contributed by atoms with E-state index in [-0.39, 0.29) is 22.2 Å². The summed E-state index contributed by atoms with van der Waals surface area (Å²) in [6.45, 7) is 5.13. The highest BCUT2D eigenvalue weighted by atomic mass is 35.5. The van der Waals surface area contributed by atoms with Crippen LogP contribution in [0.3, 0.4) is 0 Å². The molecule has 174 valence electrons. The van der Waals surface area contributed by atoms with Gasteiger partial charge in [0.15, 0.2) is 5.82 Å². The SMILES string of the molecule is Cc1cc(C)n(-c2ccc(Cl)c(C(=O)NCc3ccc(S(=O)(=O)N4CCCCC4)cc3)n2)n1. The van der Waals surface area contributed by atoms with Gasteiger partial charge in [0.1, 0.15) is 5.69 Å². The van der Waals surface area contributed by atoms with Crippen LogP contribution in [0, 0.1) is 13.8 Å². The van der Waals surface area contributed by atoms with E-state index in [1.54, 1.807) is 41.1 Å². The fourth-order valence-corrected chi connectivity index (χ4v) is 5.58. The van der Waals surface area contributed by atoms with E-state index in [2.05, 4.69) is 15.4 Å². The first-order valence-electron chi connectivity index (χ1n) is 10.8. The van der Waals surface area contributed by atoms with Gasteiger partial charge >= 0.3 is 0 Å². The van der Waals surface area contributed by atoms with Crippen molar-refractivity contribution in [3.05, 3.63) is 70.1 Å². The molecule has 4 rings (SSSR count). The quantitative estimate of drug-likeness (QED) is 0.572. The Bertz CT molecular complexity index is 1270. The first-order valence-corrected chi connectivity index (χ1v) is 12.6. The number of nitrogens with zero attached hydrogens (tertiary/aromatic N) is 4. The second-order valence-electron chi connectivity index (χ2n) is 8.13. The summed E-state index contributed by atoms with van der Waals surface area (Å²) < 4.78 is 28.8. The van der Waals surface area contributed by atoms with Crippen molar-refractivity contribution < 1.29 is 13.2 Å². The van der Waals surface area contributed by atoms with Gasteiger partial charge in [0.05, 0.1) is 15.6 Å². The molecule has 1 saturated heterocycles. The number of aromatic nitrogens is 3. The Morgan fingerprint density at radius 3 is 2.39 bits per heavy atom. The average Bonchev–Trinajstić information content (AvgIpc) is 3.16. The maximum absolute atomic E-state index is 12.8. The number of halogens is 1. The van der Waals surface area contributed by atoms with Crippen LogP contribution >= 0.6 is 11.6 Å². The molecular weight excluding hydrogens is 462 g/mol. The highest BCUT2D eigenvalue weighted by molar-refractivity contribution is 7.89. The number of hydrogen-bond donors (Lipinski definition) is 1. The van der Waals surface area contributed by atoms with Crippen LogP contribution in [0.1, 0.15) is 46.7 Å². The molecule has 0 spiro atoms. The summed E-state index contributed by atoms with van der Waals surface area (Å²) in [5.74, 6) is 0.0795. The van der Waals surface area contributed by atoms with Gasteiger partial charge in [-0.05, 0) is 62.6 Å². The fraction of sp³-hybridized carbons (Fsp3) is 0.348. The summed E-state index contributed by atoms with van der Waals surface area (Å²) in [4.78, 5) is 17.4. The van der Waals surface area contributed by atoms with Gasteiger partial charge in [0.2, 0.25) is 10.0 Å². The minimum Gasteiger partial charge on any atom is -0.347 e. The van der Waals surface area contributed by atoms with E-state index in [1.807, 2.05) is 19.9 Å². The van der Waals surface area contributed by atoms with E-state index in [0.717, 1.165) is 36.2 Å².